The summed E-state index contributed by atoms with van der Waals surface area (Å²) in [6, 6.07) is 9.17. The molecule has 1 rings (SSSR count). The fraction of sp³-hybridized carbons (Fsp3) is 0.467. The second-order valence-corrected chi connectivity index (χ2v) is 4.47. The number of carbonyl (C=O) groups excluding carboxylic acids is 2. The van der Waals surface area contributed by atoms with Crippen molar-refractivity contribution in [1.29, 1.82) is 0 Å². The van der Waals surface area contributed by atoms with Crippen LogP contribution in [0.1, 0.15) is 31.7 Å². The number of esters is 1. The summed E-state index contributed by atoms with van der Waals surface area (Å²) in [5.41, 5.74) is 0.919. The van der Waals surface area contributed by atoms with E-state index in [2.05, 4.69) is 10.1 Å². The van der Waals surface area contributed by atoms with Gasteiger partial charge in [0, 0.05) is 6.04 Å². The van der Waals surface area contributed by atoms with Gasteiger partial charge in [-0.25, -0.2) is 4.79 Å². The van der Waals surface area contributed by atoms with Gasteiger partial charge < -0.3 is 14.8 Å². The molecule has 1 amide bonds. The number of amides is 1. The van der Waals surface area contributed by atoms with Gasteiger partial charge in [0.25, 0.3) is 0 Å². The molecule has 5 nitrogen and oxygen atoms in total. The van der Waals surface area contributed by atoms with Crippen molar-refractivity contribution in [3.8, 4) is 0 Å². The number of methoxy groups -OCH3 is 1. The first kappa shape index (κ1) is 16.0. The number of benzene rings is 1. The van der Waals surface area contributed by atoms with Gasteiger partial charge in [0.05, 0.1) is 13.5 Å². The van der Waals surface area contributed by atoms with E-state index in [4.69, 9.17) is 4.74 Å². The topological polar surface area (TPSA) is 64.6 Å². The fourth-order valence-electron chi connectivity index (χ4n) is 1.79. The van der Waals surface area contributed by atoms with Crippen molar-refractivity contribution < 1.29 is 19.1 Å². The molecule has 110 valence electrons. The molecule has 0 bridgehead atoms. The minimum Gasteiger partial charge on any atom is -0.469 e. The molecule has 0 saturated carbocycles. The molecule has 20 heavy (non-hydrogen) atoms. The normalized spacial score (nSPS) is 11.5. The molecule has 0 saturated heterocycles. The van der Waals surface area contributed by atoms with Gasteiger partial charge in [-0.05, 0) is 12.0 Å². The van der Waals surface area contributed by atoms with E-state index in [1.54, 1.807) is 0 Å². The first-order valence-corrected chi connectivity index (χ1v) is 6.69. The van der Waals surface area contributed by atoms with Crippen molar-refractivity contribution in [2.24, 2.45) is 0 Å². The van der Waals surface area contributed by atoms with Crippen LogP contribution in [0.4, 0.5) is 4.79 Å². The highest BCUT2D eigenvalue weighted by molar-refractivity contribution is 5.72. The lowest BCUT2D eigenvalue weighted by atomic mass is 10.1. The van der Waals surface area contributed by atoms with E-state index >= 15 is 0 Å². The van der Waals surface area contributed by atoms with Crippen LogP contribution in [0, 0.1) is 0 Å². The molecule has 0 fully saturated rings. The lowest BCUT2D eigenvalue weighted by Gasteiger charge is -2.16. The smallest absolute Gasteiger partial charge is 0.407 e. The van der Waals surface area contributed by atoms with E-state index in [1.807, 2.05) is 37.3 Å². The lowest BCUT2D eigenvalue weighted by Crippen LogP contribution is -2.37. The molecule has 1 aromatic rings. The van der Waals surface area contributed by atoms with Crippen LogP contribution in [-0.2, 0) is 20.9 Å². The fourth-order valence-corrected chi connectivity index (χ4v) is 1.79. The molecule has 0 radical (unpaired) electrons. The van der Waals surface area contributed by atoms with Crippen molar-refractivity contribution in [2.45, 2.75) is 38.8 Å². The third-order valence-electron chi connectivity index (χ3n) is 2.81. The first-order chi connectivity index (χ1) is 9.65. The lowest BCUT2D eigenvalue weighted by molar-refractivity contribution is -0.141. The molecule has 1 atom stereocenters. The number of rotatable bonds is 7. The minimum atomic E-state index is -0.517. The van der Waals surface area contributed by atoms with Crippen LogP contribution in [0.15, 0.2) is 30.3 Å². The highest BCUT2D eigenvalue weighted by Gasteiger charge is 2.16. The molecule has 1 aromatic carbocycles. The zero-order chi connectivity index (χ0) is 14.8. The average Bonchev–Trinajstić information content (AvgIpc) is 2.46. The third kappa shape index (κ3) is 6.22. The van der Waals surface area contributed by atoms with Gasteiger partial charge in [0.1, 0.15) is 6.61 Å². The van der Waals surface area contributed by atoms with Gasteiger partial charge in [0.2, 0.25) is 0 Å². The Labute approximate surface area is 119 Å². The molecule has 0 aliphatic heterocycles. The summed E-state index contributed by atoms with van der Waals surface area (Å²) < 4.78 is 9.72. The van der Waals surface area contributed by atoms with Crippen LogP contribution in [0.3, 0.4) is 0 Å². The number of nitrogens with one attached hydrogen (secondary N) is 1. The summed E-state index contributed by atoms with van der Waals surface area (Å²) in [5, 5.41) is 2.69. The van der Waals surface area contributed by atoms with E-state index < -0.39 is 6.09 Å². The standard InChI is InChI=1S/C15H21NO4/c1-3-7-13(10-14(17)19-2)16-15(18)20-11-12-8-5-4-6-9-12/h4-6,8-9,13H,3,7,10-11H2,1-2H3,(H,16,18)/t13-/m1/s1. The Morgan fingerprint density at radius 1 is 1.25 bits per heavy atom. The molecule has 0 unspecified atom stereocenters. The maximum absolute atomic E-state index is 11.7. The van der Waals surface area contributed by atoms with Crippen LogP contribution >= 0.6 is 0 Å². The summed E-state index contributed by atoms with van der Waals surface area (Å²) in [7, 11) is 1.33. The Balaban J connectivity index is 2.39. The Morgan fingerprint density at radius 2 is 1.95 bits per heavy atom. The van der Waals surface area contributed by atoms with Gasteiger partial charge in [0.15, 0.2) is 0 Å². The zero-order valence-corrected chi connectivity index (χ0v) is 11.9. The van der Waals surface area contributed by atoms with Gasteiger partial charge in [-0.3, -0.25) is 4.79 Å². The molecular formula is C15H21NO4. The summed E-state index contributed by atoms with van der Waals surface area (Å²) in [5.74, 6) is -0.341. The van der Waals surface area contributed by atoms with Crippen molar-refractivity contribution in [3.63, 3.8) is 0 Å². The van der Waals surface area contributed by atoms with E-state index in [0.717, 1.165) is 12.0 Å². The van der Waals surface area contributed by atoms with Crippen LogP contribution in [0.2, 0.25) is 0 Å². The Hall–Kier alpha value is -2.04. The van der Waals surface area contributed by atoms with Crippen molar-refractivity contribution in [1.82, 2.24) is 5.32 Å². The van der Waals surface area contributed by atoms with Crippen LogP contribution in [0.25, 0.3) is 0 Å². The van der Waals surface area contributed by atoms with E-state index in [1.165, 1.54) is 7.11 Å². The molecule has 1 N–H and O–H groups in total. The SMILES string of the molecule is CCC[C@H](CC(=O)OC)NC(=O)OCc1ccccc1. The average molecular weight is 279 g/mol. The number of hydrogen-bond donors (Lipinski definition) is 1. The molecule has 0 aromatic heterocycles. The van der Waals surface area contributed by atoms with Gasteiger partial charge in [-0.15, -0.1) is 0 Å². The third-order valence-corrected chi connectivity index (χ3v) is 2.81. The van der Waals surface area contributed by atoms with Crippen LogP contribution in [-0.4, -0.2) is 25.2 Å². The van der Waals surface area contributed by atoms with E-state index in [-0.39, 0.29) is 25.0 Å². The van der Waals surface area contributed by atoms with E-state index in [0.29, 0.717) is 6.42 Å². The molecule has 5 heteroatoms. The van der Waals surface area contributed by atoms with Crippen molar-refractivity contribution in [2.75, 3.05) is 7.11 Å². The van der Waals surface area contributed by atoms with E-state index in [9.17, 15) is 9.59 Å². The van der Waals surface area contributed by atoms with Crippen molar-refractivity contribution in [3.05, 3.63) is 35.9 Å². The van der Waals surface area contributed by atoms with Crippen LogP contribution < -0.4 is 5.32 Å². The molecular weight excluding hydrogens is 258 g/mol. The maximum Gasteiger partial charge on any atom is 0.407 e. The predicted molar refractivity (Wildman–Crippen MR) is 75.1 cm³/mol. The summed E-state index contributed by atoms with van der Waals surface area (Å²) in [6.45, 7) is 2.20. The first-order valence-electron chi connectivity index (χ1n) is 6.69. The van der Waals surface area contributed by atoms with Crippen LogP contribution in [0.5, 0.6) is 0 Å². The summed E-state index contributed by atoms with van der Waals surface area (Å²) >= 11 is 0. The second-order valence-electron chi connectivity index (χ2n) is 4.47. The number of carbonyl (C=O) groups is 2. The van der Waals surface area contributed by atoms with Gasteiger partial charge in [-0.1, -0.05) is 43.7 Å². The van der Waals surface area contributed by atoms with Crippen molar-refractivity contribution >= 4 is 12.1 Å². The minimum absolute atomic E-state index is 0.158. The maximum atomic E-state index is 11.7. The summed E-state index contributed by atoms with van der Waals surface area (Å²) in [4.78, 5) is 22.9. The molecule has 0 aliphatic rings. The number of alkyl carbamates (subject to hydrolysis) is 1. The number of ether oxygens (including phenoxy) is 2. The molecule has 0 aliphatic carbocycles. The Morgan fingerprint density at radius 3 is 2.55 bits per heavy atom. The molecule has 0 spiro atoms. The van der Waals surface area contributed by atoms with Gasteiger partial charge in [-0.2, -0.15) is 0 Å². The Bertz CT molecular complexity index is 419. The zero-order valence-electron chi connectivity index (χ0n) is 11.9. The summed E-state index contributed by atoms with van der Waals surface area (Å²) in [6.07, 6.45) is 1.21. The largest absolute Gasteiger partial charge is 0.469 e. The molecule has 0 heterocycles. The highest BCUT2D eigenvalue weighted by atomic mass is 16.5. The second kappa shape index (κ2) is 8.96. The predicted octanol–water partition coefficient (Wildman–Crippen LogP) is 2.64. The quantitative estimate of drug-likeness (QED) is 0.779. The van der Waals surface area contributed by atoms with Gasteiger partial charge >= 0.3 is 12.1 Å². The monoisotopic (exact) mass is 279 g/mol. The Kier molecular flexibility index (Phi) is 7.17. The highest BCUT2D eigenvalue weighted by Crippen LogP contribution is 2.05. The number of hydrogen-bond acceptors (Lipinski definition) is 4.